The third-order valence-corrected chi connectivity index (χ3v) is 2.88. The van der Waals surface area contributed by atoms with E-state index in [1.165, 1.54) is 5.56 Å². The van der Waals surface area contributed by atoms with Crippen molar-refractivity contribution < 1.29 is 4.74 Å². The van der Waals surface area contributed by atoms with Crippen LogP contribution in [0, 0.1) is 0 Å². The second-order valence-corrected chi connectivity index (χ2v) is 5.60. The molecule has 1 nitrogen and oxygen atoms in total. The molecule has 0 aliphatic carbocycles. The molecule has 0 N–H and O–H groups in total. The smallest absolute Gasteiger partial charge is 0.133 e. The van der Waals surface area contributed by atoms with Crippen LogP contribution < -0.4 is 4.74 Å². The van der Waals surface area contributed by atoms with Crippen LogP contribution in [0.4, 0.5) is 0 Å². The molecule has 0 spiro atoms. The highest BCUT2D eigenvalue weighted by molar-refractivity contribution is 9.10. The topological polar surface area (TPSA) is 9.23 Å². The minimum absolute atomic E-state index is 0.186. The monoisotopic (exact) mass is 270 g/mol. The second-order valence-electron chi connectivity index (χ2n) is 4.74. The zero-order chi connectivity index (χ0) is 11.5. The third kappa shape index (κ3) is 3.53. The Morgan fingerprint density at radius 1 is 1.27 bits per heavy atom. The van der Waals surface area contributed by atoms with Crippen LogP contribution in [-0.2, 0) is 5.41 Å². The Hall–Kier alpha value is -0.500. The molecule has 0 saturated carbocycles. The predicted octanol–water partition coefficient (Wildman–Crippen LogP) is 4.54. The van der Waals surface area contributed by atoms with E-state index in [1.54, 1.807) is 0 Å². The molecule has 0 aromatic heterocycles. The van der Waals surface area contributed by atoms with Crippen LogP contribution in [0.5, 0.6) is 5.75 Å². The molecular formula is C13H19BrO. The van der Waals surface area contributed by atoms with Gasteiger partial charge in [-0.1, -0.05) is 33.8 Å². The molecule has 0 amide bonds. The van der Waals surface area contributed by atoms with Gasteiger partial charge in [0.2, 0.25) is 0 Å². The first-order chi connectivity index (χ1) is 6.95. The van der Waals surface area contributed by atoms with Gasteiger partial charge < -0.3 is 4.74 Å². The van der Waals surface area contributed by atoms with Gasteiger partial charge in [0, 0.05) is 0 Å². The first-order valence-corrected chi connectivity index (χ1v) is 6.17. The van der Waals surface area contributed by atoms with Gasteiger partial charge >= 0.3 is 0 Å². The van der Waals surface area contributed by atoms with Crippen molar-refractivity contribution in [3.63, 3.8) is 0 Å². The average Bonchev–Trinajstić information content (AvgIpc) is 2.14. The molecular weight excluding hydrogens is 252 g/mol. The van der Waals surface area contributed by atoms with Crippen LogP contribution in [0.2, 0.25) is 0 Å². The van der Waals surface area contributed by atoms with Crippen LogP contribution in [0.1, 0.15) is 39.7 Å². The Morgan fingerprint density at radius 2 is 1.93 bits per heavy atom. The van der Waals surface area contributed by atoms with Gasteiger partial charge in [-0.2, -0.15) is 0 Å². The summed E-state index contributed by atoms with van der Waals surface area (Å²) in [5, 5.41) is 0. The summed E-state index contributed by atoms with van der Waals surface area (Å²) in [4.78, 5) is 0. The lowest BCUT2D eigenvalue weighted by Gasteiger charge is -2.20. The number of benzene rings is 1. The summed E-state index contributed by atoms with van der Waals surface area (Å²) in [6, 6.07) is 6.32. The van der Waals surface area contributed by atoms with E-state index in [0.717, 1.165) is 23.2 Å². The molecule has 1 aromatic rings. The molecule has 0 saturated heterocycles. The Kier molecular flexibility index (Phi) is 4.21. The maximum atomic E-state index is 5.61. The third-order valence-electron chi connectivity index (χ3n) is 2.26. The molecule has 0 atom stereocenters. The van der Waals surface area contributed by atoms with Crippen molar-refractivity contribution in [3.05, 3.63) is 28.2 Å². The van der Waals surface area contributed by atoms with Crippen LogP contribution >= 0.6 is 15.9 Å². The zero-order valence-electron chi connectivity index (χ0n) is 9.93. The number of rotatable bonds is 3. The summed E-state index contributed by atoms with van der Waals surface area (Å²) in [6.07, 6.45) is 1.04. The van der Waals surface area contributed by atoms with E-state index in [4.69, 9.17) is 4.74 Å². The quantitative estimate of drug-likeness (QED) is 0.784. The largest absolute Gasteiger partial charge is 0.492 e. The molecule has 84 valence electrons. The fraction of sp³-hybridized carbons (Fsp3) is 0.538. The average molecular weight is 271 g/mol. The van der Waals surface area contributed by atoms with E-state index in [9.17, 15) is 0 Å². The molecule has 0 aliphatic heterocycles. The van der Waals surface area contributed by atoms with Crippen molar-refractivity contribution in [2.45, 2.75) is 39.5 Å². The fourth-order valence-electron chi connectivity index (χ4n) is 1.30. The highest BCUT2D eigenvalue weighted by Gasteiger charge is 2.14. The van der Waals surface area contributed by atoms with Gasteiger partial charge in [0.1, 0.15) is 5.75 Å². The maximum Gasteiger partial charge on any atom is 0.133 e. The van der Waals surface area contributed by atoms with E-state index in [1.807, 2.05) is 6.07 Å². The van der Waals surface area contributed by atoms with Crippen LogP contribution in [0.25, 0.3) is 0 Å². The molecule has 0 unspecified atom stereocenters. The maximum absolute atomic E-state index is 5.61. The second kappa shape index (κ2) is 5.02. The molecule has 0 bridgehead atoms. The Morgan fingerprint density at radius 3 is 2.40 bits per heavy atom. The fourth-order valence-corrected chi connectivity index (χ4v) is 1.79. The summed E-state index contributed by atoms with van der Waals surface area (Å²) >= 11 is 3.54. The standard InChI is InChI=1S/C13H19BrO/c1-5-8-15-12-7-6-10(9-11(12)14)13(2,3)4/h6-7,9H,5,8H2,1-4H3. The van der Waals surface area contributed by atoms with Crippen molar-refractivity contribution >= 4 is 15.9 Å². The summed E-state index contributed by atoms with van der Waals surface area (Å²) < 4.78 is 6.65. The lowest BCUT2D eigenvalue weighted by atomic mass is 9.87. The summed E-state index contributed by atoms with van der Waals surface area (Å²) in [5.41, 5.74) is 1.50. The highest BCUT2D eigenvalue weighted by atomic mass is 79.9. The minimum Gasteiger partial charge on any atom is -0.492 e. The lowest BCUT2D eigenvalue weighted by molar-refractivity contribution is 0.315. The van der Waals surface area contributed by atoms with E-state index in [2.05, 4.69) is 55.8 Å². The number of hydrogen-bond donors (Lipinski definition) is 0. The summed E-state index contributed by atoms with van der Waals surface area (Å²) in [7, 11) is 0. The van der Waals surface area contributed by atoms with E-state index in [-0.39, 0.29) is 5.41 Å². The van der Waals surface area contributed by atoms with Gasteiger partial charge in [0.05, 0.1) is 11.1 Å². The van der Waals surface area contributed by atoms with Gasteiger partial charge in [-0.25, -0.2) is 0 Å². The van der Waals surface area contributed by atoms with Crippen molar-refractivity contribution in [3.8, 4) is 5.75 Å². The molecule has 0 radical (unpaired) electrons. The molecule has 1 aromatic carbocycles. The number of halogens is 1. The molecule has 2 heteroatoms. The molecule has 1 rings (SSSR count). The van der Waals surface area contributed by atoms with Crippen LogP contribution in [0.3, 0.4) is 0 Å². The van der Waals surface area contributed by atoms with Crippen molar-refractivity contribution in [2.75, 3.05) is 6.61 Å². The molecule has 0 aliphatic rings. The van der Waals surface area contributed by atoms with E-state index < -0.39 is 0 Å². The first kappa shape index (κ1) is 12.6. The molecule has 15 heavy (non-hydrogen) atoms. The van der Waals surface area contributed by atoms with E-state index in [0.29, 0.717) is 0 Å². The SMILES string of the molecule is CCCOc1ccc(C(C)(C)C)cc1Br. The highest BCUT2D eigenvalue weighted by Crippen LogP contribution is 2.31. The number of hydrogen-bond acceptors (Lipinski definition) is 1. The Labute approximate surface area is 101 Å². The Balaban J connectivity index is 2.88. The van der Waals surface area contributed by atoms with Gasteiger partial charge in [-0.3, -0.25) is 0 Å². The van der Waals surface area contributed by atoms with Crippen molar-refractivity contribution in [2.24, 2.45) is 0 Å². The summed E-state index contributed by atoms with van der Waals surface area (Å²) in [6.45, 7) is 9.51. The normalized spacial score (nSPS) is 11.5. The van der Waals surface area contributed by atoms with Gasteiger partial charge in [0.25, 0.3) is 0 Å². The van der Waals surface area contributed by atoms with Gasteiger partial charge in [0.15, 0.2) is 0 Å². The van der Waals surface area contributed by atoms with Crippen LogP contribution in [-0.4, -0.2) is 6.61 Å². The Bertz CT molecular complexity index is 326. The van der Waals surface area contributed by atoms with E-state index >= 15 is 0 Å². The predicted molar refractivity (Wildman–Crippen MR) is 68.6 cm³/mol. The van der Waals surface area contributed by atoms with Crippen molar-refractivity contribution in [1.29, 1.82) is 0 Å². The molecule has 0 fully saturated rings. The lowest BCUT2D eigenvalue weighted by Crippen LogP contribution is -2.11. The first-order valence-electron chi connectivity index (χ1n) is 5.38. The number of ether oxygens (including phenoxy) is 1. The molecule has 0 heterocycles. The van der Waals surface area contributed by atoms with Gasteiger partial charge in [-0.05, 0) is 45.5 Å². The zero-order valence-corrected chi connectivity index (χ0v) is 11.5. The summed E-state index contributed by atoms with van der Waals surface area (Å²) in [5.74, 6) is 0.935. The van der Waals surface area contributed by atoms with Crippen LogP contribution in [0.15, 0.2) is 22.7 Å². The van der Waals surface area contributed by atoms with Crippen molar-refractivity contribution in [1.82, 2.24) is 0 Å². The van der Waals surface area contributed by atoms with Gasteiger partial charge in [-0.15, -0.1) is 0 Å². The minimum atomic E-state index is 0.186.